The molecule has 1 aromatic rings. The van der Waals surface area contributed by atoms with Gasteiger partial charge in [-0.15, -0.1) is 0 Å². The van der Waals surface area contributed by atoms with E-state index < -0.39 is 41.7 Å². The van der Waals surface area contributed by atoms with Crippen LogP contribution in [0, 0.1) is 5.92 Å². The van der Waals surface area contributed by atoms with Crippen molar-refractivity contribution in [3.8, 4) is 5.75 Å². The first kappa shape index (κ1) is 33.1. The third-order valence-corrected chi connectivity index (χ3v) is 5.20. The standard InChI is InChI=1S/C28H41N3O8/c1-7-37-25(34)16-14-22(28(36)38-8-2)30-27(35)26(18(3)4)31-24(33)17-29-23(32)15-11-20-9-12-21(13-10-20)39-19(5)6/h9-13,15,18-19,22,26H,7-8,14,16-17H2,1-6H3,(H,29,32)(H,30,35)(H,31,33)/b15-11+/t22-,26+/m1/s1. The molecule has 39 heavy (non-hydrogen) atoms. The number of hydrogen-bond donors (Lipinski definition) is 3. The largest absolute Gasteiger partial charge is 0.491 e. The van der Waals surface area contributed by atoms with E-state index in [9.17, 15) is 24.0 Å². The lowest BCUT2D eigenvalue weighted by atomic mass is 10.0. The summed E-state index contributed by atoms with van der Waals surface area (Å²) in [7, 11) is 0. The highest BCUT2D eigenvalue weighted by Crippen LogP contribution is 2.14. The Hall–Kier alpha value is -3.89. The van der Waals surface area contributed by atoms with Gasteiger partial charge in [0.05, 0.1) is 25.9 Å². The minimum atomic E-state index is -1.09. The van der Waals surface area contributed by atoms with E-state index in [1.807, 2.05) is 13.8 Å². The van der Waals surface area contributed by atoms with Crippen molar-refractivity contribution < 1.29 is 38.2 Å². The highest BCUT2D eigenvalue weighted by molar-refractivity contribution is 5.95. The summed E-state index contributed by atoms with van der Waals surface area (Å²) in [5, 5.41) is 7.62. The first-order valence-corrected chi connectivity index (χ1v) is 13.1. The molecule has 0 aliphatic heterocycles. The van der Waals surface area contributed by atoms with Crippen molar-refractivity contribution in [3.05, 3.63) is 35.9 Å². The summed E-state index contributed by atoms with van der Waals surface area (Å²) >= 11 is 0. The Morgan fingerprint density at radius 1 is 0.897 bits per heavy atom. The molecule has 0 heterocycles. The molecule has 0 unspecified atom stereocenters. The Bertz CT molecular complexity index is 989. The van der Waals surface area contributed by atoms with Crippen molar-refractivity contribution in [2.75, 3.05) is 19.8 Å². The van der Waals surface area contributed by atoms with Crippen molar-refractivity contribution in [2.45, 2.75) is 72.6 Å². The number of esters is 2. The molecule has 0 aliphatic carbocycles. The maximum absolute atomic E-state index is 12.9. The quantitative estimate of drug-likeness (QED) is 0.211. The second-order valence-corrected chi connectivity index (χ2v) is 9.23. The van der Waals surface area contributed by atoms with E-state index >= 15 is 0 Å². The van der Waals surface area contributed by atoms with Gasteiger partial charge in [0.15, 0.2) is 0 Å². The van der Waals surface area contributed by atoms with E-state index in [1.54, 1.807) is 58.0 Å². The molecule has 11 heteroatoms. The van der Waals surface area contributed by atoms with Crippen LogP contribution in [-0.4, -0.2) is 67.6 Å². The fourth-order valence-corrected chi connectivity index (χ4v) is 3.34. The van der Waals surface area contributed by atoms with Gasteiger partial charge in [-0.05, 0) is 63.8 Å². The molecular formula is C28H41N3O8. The number of carbonyl (C=O) groups is 5. The van der Waals surface area contributed by atoms with E-state index in [0.29, 0.717) is 0 Å². The number of benzene rings is 1. The van der Waals surface area contributed by atoms with Crippen LogP contribution in [-0.2, 0) is 33.4 Å². The summed E-state index contributed by atoms with van der Waals surface area (Å²) in [6.45, 7) is 10.5. The molecule has 0 aliphatic rings. The van der Waals surface area contributed by atoms with Crippen LogP contribution in [0.1, 0.15) is 59.9 Å². The highest BCUT2D eigenvalue weighted by atomic mass is 16.5. The zero-order valence-electron chi connectivity index (χ0n) is 23.6. The summed E-state index contributed by atoms with van der Waals surface area (Å²) in [4.78, 5) is 61.6. The van der Waals surface area contributed by atoms with E-state index in [2.05, 4.69) is 16.0 Å². The van der Waals surface area contributed by atoms with Crippen LogP contribution in [0.4, 0.5) is 0 Å². The summed E-state index contributed by atoms with van der Waals surface area (Å²) in [6.07, 6.45) is 2.85. The van der Waals surface area contributed by atoms with Crippen molar-refractivity contribution in [1.82, 2.24) is 16.0 Å². The van der Waals surface area contributed by atoms with Gasteiger partial charge in [-0.1, -0.05) is 26.0 Å². The number of amides is 3. The van der Waals surface area contributed by atoms with Gasteiger partial charge in [-0.25, -0.2) is 4.79 Å². The third kappa shape index (κ3) is 13.5. The summed E-state index contributed by atoms with van der Waals surface area (Å²) < 4.78 is 15.5. The predicted molar refractivity (Wildman–Crippen MR) is 145 cm³/mol. The minimum Gasteiger partial charge on any atom is -0.491 e. The van der Waals surface area contributed by atoms with Crippen molar-refractivity contribution in [3.63, 3.8) is 0 Å². The Labute approximate surface area is 230 Å². The monoisotopic (exact) mass is 547 g/mol. The molecule has 1 rings (SSSR count). The Kier molecular flexibility index (Phi) is 14.9. The second kappa shape index (κ2) is 17.6. The average molecular weight is 548 g/mol. The molecule has 0 radical (unpaired) electrons. The number of rotatable bonds is 16. The van der Waals surface area contributed by atoms with E-state index in [4.69, 9.17) is 14.2 Å². The molecule has 216 valence electrons. The Balaban J connectivity index is 2.68. The van der Waals surface area contributed by atoms with Crippen LogP contribution >= 0.6 is 0 Å². The van der Waals surface area contributed by atoms with Gasteiger partial charge in [0.2, 0.25) is 17.7 Å². The molecule has 3 N–H and O–H groups in total. The Morgan fingerprint density at radius 2 is 1.54 bits per heavy atom. The fraction of sp³-hybridized carbons (Fsp3) is 0.536. The van der Waals surface area contributed by atoms with Crippen LogP contribution < -0.4 is 20.7 Å². The van der Waals surface area contributed by atoms with Gasteiger partial charge in [0.1, 0.15) is 17.8 Å². The average Bonchev–Trinajstić information content (AvgIpc) is 2.87. The first-order valence-electron chi connectivity index (χ1n) is 13.1. The first-order chi connectivity index (χ1) is 18.5. The van der Waals surface area contributed by atoms with Crippen molar-refractivity contribution >= 4 is 35.7 Å². The van der Waals surface area contributed by atoms with Gasteiger partial charge in [0, 0.05) is 12.5 Å². The SMILES string of the molecule is CCOC(=O)CC[C@@H](NC(=O)[C@@H](NC(=O)CNC(=O)/C=C/c1ccc(OC(C)C)cc1)C(C)C)C(=O)OCC. The molecule has 1 aromatic carbocycles. The lowest BCUT2D eigenvalue weighted by Crippen LogP contribution is -2.55. The molecular weight excluding hydrogens is 506 g/mol. The minimum absolute atomic E-state index is 0.0158. The molecule has 0 saturated heterocycles. The van der Waals surface area contributed by atoms with Gasteiger partial charge >= 0.3 is 11.9 Å². The Morgan fingerprint density at radius 3 is 2.10 bits per heavy atom. The highest BCUT2D eigenvalue weighted by Gasteiger charge is 2.30. The van der Waals surface area contributed by atoms with Crippen LogP contribution in [0.3, 0.4) is 0 Å². The maximum Gasteiger partial charge on any atom is 0.328 e. The van der Waals surface area contributed by atoms with Gasteiger partial charge in [0.25, 0.3) is 0 Å². The van der Waals surface area contributed by atoms with Crippen LogP contribution in [0.2, 0.25) is 0 Å². The van der Waals surface area contributed by atoms with E-state index in [1.165, 1.54) is 6.08 Å². The third-order valence-electron chi connectivity index (χ3n) is 5.20. The smallest absolute Gasteiger partial charge is 0.328 e. The maximum atomic E-state index is 12.9. The fourth-order valence-electron chi connectivity index (χ4n) is 3.34. The zero-order valence-corrected chi connectivity index (χ0v) is 23.6. The molecule has 11 nitrogen and oxygen atoms in total. The van der Waals surface area contributed by atoms with Crippen molar-refractivity contribution in [1.29, 1.82) is 0 Å². The van der Waals surface area contributed by atoms with Crippen LogP contribution in [0.25, 0.3) is 6.08 Å². The van der Waals surface area contributed by atoms with Gasteiger partial charge in [-0.2, -0.15) is 0 Å². The van der Waals surface area contributed by atoms with E-state index in [0.717, 1.165) is 11.3 Å². The number of carbonyl (C=O) groups excluding carboxylic acids is 5. The lowest BCUT2D eigenvalue weighted by Gasteiger charge is -2.24. The second-order valence-electron chi connectivity index (χ2n) is 9.23. The van der Waals surface area contributed by atoms with Crippen LogP contribution in [0.15, 0.2) is 30.3 Å². The molecule has 0 saturated carbocycles. The van der Waals surface area contributed by atoms with E-state index in [-0.39, 0.29) is 44.6 Å². The molecule has 2 atom stereocenters. The molecule has 0 aromatic heterocycles. The van der Waals surface area contributed by atoms with Crippen LogP contribution in [0.5, 0.6) is 5.75 Å². The molecule has 0 bridgehead atoms. The molecule has 3 amide bonds. The summed E-state index contributed by atoms with van der Waals surface area (Å²) in [6, 6.07) is 5.12. The molecule has 0 spiro atoms. The van der Waals surface area contributed by atoms with Gasteiger partial charge in [-0.3, -0.25) is 19.2 Å². The number of nitrogens with one attached hydrogen (secondary N) is 3. The van der Waals surface area contributed by atoms with Gasteiger partial charge < -0.3 is 30.2 Å². The summed E-state index contributed by atoms with van der Waals surface area (Å²) in [5.41, 5.74) is 0.779. The number of ether oxygens (including phenoxy) is 3. The topological polar surface area (TPSA) is 149 Å². The summed E-state index contributed by atoms with van der Waals surface area (Å²) in [5.74, 6) is -2.49. The lowest BCUT2D eigenvalue weighted by molar-refractivity contribution is -0.149. The van der Waals surface area contributed by atoms with Crippen molar-refractivity contribution in [2.24, 2.45) is 5.92 Å². The predicted octanol–water partition coefficient (Wildman–Crippen LogP) is 2.14. The normalized spacial score (nSPS) is 12.5. The number of hydrogen-bond acceptors (Lipinski definition) is 8. The molecule has 0 fully saturated rings. The zero-order chi connectivity index (χ0) is 29.4.